The zero-order chi connectivity index (χ0) is 14.7. The van der Waals surface area contributed by atoms with Crippen LogP contribution in [0.15, 0.2) is 16.6 Å². The Morgan fingerprint density at radius 2 is 2.05 bits per heavy atom. The molecular weight excluding hydrogens is 341 g/mol. The van der Waals surface area contributed by atoms with E-state index < -0.39 is 0 Å². The Bertz CT molecular complexity index is 532. The number of anilines is 1. The van der Waals surface area contributed by atoms with Crippen LogP contribution >= 0.6 is 27.5 Å². The molecule has 3 unspecified atom stereocenters. The topological polar surface area (TPSA) is 12.0 Å². The van der Waals surface area contributed by atoms with Gasteiger partial charge in [-0.1, -0.05) is 32.4 Å². The molecule has 1 aromatic carbocycles. The molecule has 1 nitrogen and oxygen atoms in total. The van der Waals surface area contributed by atoms with Gasteiger partial charge in [0.25, 0.3) is 0 Å². The number of hydrogen-bond donors (Lipinski definition) is 1. The van der Waals surface area contributed by atoms with Crippen LogP contribution in [-0.4, -0.2) is 6.04 Å². The lowest BCUT2D eigenvalue weighted by Gasteiger charge is -2.44. The van der Waals surface area contributed by atoms with Crippen LogP contribution in [0.1, 0.15) is 40.0 Å². The molecule has 3 atom stereocenters. The number of hydrogen-bond acceptors (Lipinski definition) is 1. The van der Waals surface area contributed by atoms with Gasteiger partial charge in [-0.05, 0) is 64.1 Å². The predicted octanol–water partition coefficient (Wildman–Crippen LogP) is 5.87. The van der Waals surface area contributed by atoms with Crippen LogP contribution in [0, 0.1) is 22.6 Å². The summed E-state index contributed by atoms with van der Waals surface area (Å²) < 4.78 is 14.1. The molecule has 20 heavy (non-hydrogen) atoms. The molecule has 0 aliphatic heterocycles. The fraction of sp³-hybridized carbons (Fsp3) is 0.625. The van der Waals surface area contributed by atoms with Crippen LogP contribution in [0.2, 0.25) is 5.02 Å². The van der Waals surface area contributed by atoms with E-state index in [9.17, 15) is 4.39 Å². The minimum absolute atomic E-state index is 0.240. The molecule has 2 fully saturated rings. The van der Waals surface area contributed by atoms with Crippen molar-refractivity contribution in [1.82, 2.24) is 0 Å². The number of benzene rings is 1. The molecule has 3 rings (SSSR count). The first kappa shape index (κ1) is 14.6. The van der Waals surface area contributed by atoms with Crippen LogP contribution in [0.3, 0.4) is 0 Å². The molecule has 0 spiro atoms. The van der Waals surface area contributed by atoms with Gasteiger partial charge in [-0.25, -0.2) is 4.39 Å². The summed E-state index contributed by atoms with van der Waals surface area (Å²) in [5.74, 6) is 0.453. The number of halogens is 3. The first-order valence-electron chi connectivity index (χ1n) is 7.15. The zero-order valence-corrected chi connectivity index (χ0v) is 14.4. The van der Waals surface area contributed by atoms with Crippen molar-refractivity contribution in [3.8, 4) is 0 Å². The zero-order valence-electron chi connectivity index (χ0n) is 12.1. The fourth-order valence-corrected chi connectivity index (χ4v) is 5.41. The van der Waals surface area contributed by atoms with Crippen molar-refractivity contribution in [3.05, 3.63) is 27.4 Å². The molecule has 2 bridgehead atoms. The molecule has 2 saturated carbocycles. The van der Waals surface area contributed by atoms with Crippen molar-refractivity contribution in [2.45, 2.75) is 46.1 Å². The van der Waals surface area contributed by atoms with Crippen LogP contribution in [0.4, 0.5) is 10.1 Å². The summed E-state index contributed by atoms with van der Waals surface area (Å²) in [6, 6.07) is 3.21. The summed E-state index contributed by atoms with van der Waals surface area (Å²) in [7, 11) is 0. The van der Waals surface area contributed by atoms with Gasteiger partial charge in [-0.2, -0.15) is 0 Å². The first-order chi connectivity index (χ1) is 9.24. The van der Waals surface area contributed by atoms with Crippen LogP contribution < -0.4 is 5.32 Å². The smallest absolute Gasteiger partial charge is 0.125 e. The maximum atomic E-state index is 13.4. The third kappa shape index (κ3) is 2.09. The average Bonchev–Trinajstić information content (AvgIpc) is 2.77. The summed E-state index contributed by atoms with van der Waals surface area (Å²) in [4.78, 5) is 0. The minimum Gasteiger partial charge on any atom is -0.379 e. The number of fused-ring (bicyclic) bond motifs is 2. The summed E-state index contributed by atoms with van der Waals surface area (Å²) in [6.07, 6.45) is 3.85. The molecule has 1 N–H and O–H groups in total. The van der Waals surface area contributed by atoms with Gasteiger partial charge in [-0.3, -0.25) is 0 Å². The van der Waals surface area contributed by atoms with Crippen LogP contribution in [0.25, 0.3) is 0 Å². The van der Waals surface area contributed by atoms with Crippen LogP contribution in [0.5, 0.6) is 0 Å². The molecule has 0 radical (unpaired) electrons. The van der Waals surface area contributed by atoms with E-state index in [1.54, 1.807) is 0 Å². The van der Waals surface area contributed by atoms with E-state index in [4.69, 9.17) is 11.6 Å². The summed E-state index contributed by atoms with van der Waals surface area (Å²) in [5.41, 5.74) is 1.37. The lowest BCUT2D eigenvalue weighted by Crippen LogP contribution is -2.45. The van der Waals surface area contributed by atoms with Gasteiger partial charge in [0.05, 0.1) is 10.7 Å². The highest BCUT2D eigenvalue weighted by molar-refractivity contribution is 9.10. The highest BCUT2D eigenvalue weighted by atomic mass is 79.9. The molecule has 0 saturated heterocycles. The normalized spacial score (nSPS) is 34.5. The maximum Gasteiger partial charge on any atom is 0.125 e. The van der Waals surface area contributed by atoms with Gasteiger partial charge in [0, 0.05) is 10.5 Å². The lowest BCUT2D eigenvalue weighted by atomic mass is 9.68. The third-order valence-electron chi connectivity index (χ3n) is 5.57. The molecular formula is C16H20BrClFN. The number of nitrogens with one attached hydrogen (secondary N) is 1. The van der Waals surface area contributed by atoms with Gasteiger partial charge >= 0.3 is 0 Å². The van der Waals surface area contributed by atoms with E-state index in [1.165, 1.54) is 31.4 Å². The standard InChI is InChI=1S/C16H20BrClFN/c1-15(2)9-4-5-16(3,8-9)14(15)20-13-11(17)6-10(19)7-12(13)18/h6-7,9,14,20H,4-5,8H2,1-3H3. The SMILES string of the molecule is CC12CCC(C1)C(C)(C)C2Nc1c(Cl)cc(F)cc1Br. The van der Waals surface area contributed by atoms with Gasteiger partial charge in [-0.15, -0.1) is 0 Å². The lowest BCUT2D eigenvalue weighted by molar-refractivity contribution is 0.155. The fourth-order valence-electron chi connectivity index (χ4n) is 4.49. The van der Waals surface area contributed by atoms with Crippen molar-refractivity contribution in [2.24, 2.45) is 16.7 Å². The molecule has 4 heteroatoms. The highest BCUT2D eigenvalue weighted by Gasteiger charge is 2.59. The van der Waals surface area contributed by atoms with Gasteiger partial charge in [0.1, 0.15) is 5.82 Å². The Hall–Kier alpha value is -0.280. The molecule has 2 aliphatic carbocycles. The molecule has 2 aliphatic rings. The predicted molar refractivity (Wildman–Crippen MR) is 85.7 cm³/mol. The van der Waals surface area contributed by atoms with Crippen LogP contribution in [-0.2, 0) is 0 Å². The summed E-state index contributed by atoms with van der Waals surface area (Å²) in [5, 5.41) is 4.06. The quantitative estimate of drug-likeness (QED) is 0.695. The maximum absolute atomic E-state index is 13.4. The van der Waals surface area contributed by atoms with E-state index in [1.807, 2.05) is 0 Å². The Morgan fingerprint density at radius 1 is 1.35 bits per heavy atom. The van der Waals surface area contributed by atoms with Crippen molar-refractivity contribution in [1.29, 1.82) is 0 Å². The van der Waals surface area contributed by atoms with Gasteiger partial charge in [0.15, 0.2) is 0 Å². The molecule has 0 amide bonds. The van der Waals surface area contributed by atoms with E-state index >= 15 is 0 Å². The van der Waals surface area contributed by atoms with Crippen molar-refractivity contribution in [3.63, 3.8) is 0 Å². The second kappa shape index (κ2) is 4.61. The molecule has 110 valence electrons. The third-order valence-corrected chi connectivity index (χ3v) is 6.49. The Morgan fingerprint density at radius 3 is 2.60 bits per heavy atom. The largest absolute Gasteiger partial charge is 0.379 e. The van der Waals surface area contributed by atoms with E-state index in [0.717, 1.165) is 11.6 Å². The minimum atomic E-state index is -0.314. The van der Waals surface area contributed by atoms with E-state index in [-0.39, 0.29) is 11.2 Å². The summed E-state index contributed by atoms with van der Waals surface area (Å²) >= 11 is 9.65. The number of rotatable bonds is 2. The summed E-state index contributed by atoms with van der Waals surface area (Å²) in [6.45, 7) is 7.04. The first-order valence-corrected chi connectivity index (χ1v) is 8.32. The molecule has 1 aromatic rings. The Kier molecular flexibility index (Phi) is 3.37. The Balaban J connectivity index is 1.96. The van der Waals surface area contributed by atoms with Gasteiger partial charge in [0.2, 0.25) is 0 Å². The van der Waals surface area contributed by atoms with E-state index in [0.29, 0.717) is 21.0 Å². The second-order valence-corrected chi connectivity index (χ2v) is 8.50. The Labute approximate surface area is 133 Å². The molecule has 0 aromatic heterocycles. The highest BCUT2D eigenvalue weighted by Crippen LogP contribution is 2.63. The van der Waals surface area contributed by atoms with Crippen molar-refractivity contribution >= 4 is 33.2 Å². The monoisotopic (exact) mass is 359 g/mol. The van der Waals surface area contributed by atoms with E-state index in [2.05, 4.69) is 42.0 Å². The van der Waals surface area contributed by atoms with Gasteiger partial charge < -0.3 is 5.32 Å². The van der Waals surface area contributed by atoms with Crippen molar-refractivity contribution < 1.29 is 4.39 Å². The van der Waals surface area contributed by atoms with Crippen molar-refractivity contribution in [2.75, 3.05) is 5.32 Å². The average molecular weight is 361 g/mol. The molecule has 0 heterocycles. The second-order valence-electron chi connectivity index (χ2n) is 7.24.